The molecule has 0 atom stereocenters. The molecule has 0 spiro atoms. The Bertz CT molecular complexity index is 318. The Labute approximate surface area is 84.9 Å². The maximum atomic E-state index is 5.78. The van der Waals surface area contributed by atoms with Crippen LogP contribution in [0.4, 0.5) is 5.69 Å². The number of nitrogens with two attached hydrogens (primary N) is 1. The molecule has 76 valence electrons. The predicted molar refractivity (Wildman–Crippen MR) is 58.4 cm³/mol. The van der Waals surface area contributed by atoms with Gasteiger partial charge in [-0.2, -0.15) is 0 Å². The predicted octanol–water partition coefficient (Wildman–Crippen LogP) is 1.32. The van der Waals surface area contributed by atoms with Crippen molar-refractivity contribution in [3.8, 4) is 0 Å². The van der Waals surface area contributed by atoms with Crippen molar-refractivity contribution in [1.29, 1.82) is 0 Å². The standard InChI is InChI=1S/C11H17N3/c1-8-5-10(3-4-13-8)14(2)11-6-9(12)7-11/h3-5,9,11H,6-7,12H2,1-2H3. The maximum absolute atomic E-state index is 5.78. The van der Waals surface area contributed by atoms with Gasteiger partial charge in [0, 0.05) is 36.7 Å². The zero-order valence-corrected chi connectivity index (χ0v) is 8.77. The van der Waals surface area contributed by atoms with Crippen LogP contribution in [0.5, 0.6) is 0 Å². The van der Waals surface area contributed by atoms with Crippen LogP contribution in [-0.2, 0) is 0 Å². The van der Waals surface area contributed by atoms with E-state index in [-0.39, 0.29) is 0 Å². The highest BCUT2D eigenvalue weighted by atomic mass is 15.2. The highest BCUT2D eigenvalue weighted by Crippen LogP contribution is 2.27. The minimum Gasteiger partial charge on any atom is -0.371 e. The van der Waals surface area contributed by atoms with Crippen LogP contribution in [0.3, 0.4) is 0 Å². The summed E-state index contributed by atoms with van der Waals surface area (Å²) in [5.41, 5.74) is 8.09. The molecule has 1 aromatic heterocycles. The van der Waals surface area contributed by atoms with Gasteiger partial charge in [0.2, 0.25) is 0 Å². The molecule has 1 fully saturated rings. The van der Waals surface area contributed by atoms with Gasteiger partial charge < -0.3 is 10.6 Å². The van der Waals surface area contributed by atoms with Gasteiger partial charge in [-0.1, -0.05) is 0 Å². The molecule has 0 saturated heterocycles. The molecule has 1 heterocycles. The number of anilines is 1. The number of nitrogens with zero attached hydrogens (tertiary/aromatic N) is 2. The Kier molecular flexibility index (Phi) is 2.42. The molecule has 1 aliphatic rings. The lowest BCUT2D eigenvalue weighted by Crippen LogP contribution is -2.49. The Morgan fingerprint density at radius 1 is 1.50 bits per heavy atom. The van der Waals surface area contributed by atoms with Crippen molar-refractivity contribution >= 4 is 5.69 Å². The molecule has 3 heteroatoms. The fourth-order valence-corrected chi connectivity index (χ4v) is 1.91. The van der Waals surface area contributed by atoms with Crippen molar-refractivity contribution in [3.05, 3.63) is 24.0 Å². The molecule has 0 aromatic carbocycles. The molecule has 0 radical (unpaired) electrons. The van der Waals surface area contributed by atoms with Crippen molar-refractivity contribution in [1.82, 2.24) is 4.98 Å². The number of pyridine rings is 1. The molecule has 0 bridgehead atoms. The summed E-state index contributed by atoms with van der Waals surface area (Å²) in [6.45, 7) is 2.02. The largest absolute Gasteiger partial charge is 0.371 e. The molecule has 1 saturated carbocycles. The first-order valence-corrected chi connectivity index (χ1v) is 5.08. The van der Waals surface area contributed by atoms with E-state index in [2.05, 4.69) is 29.1 Å². The minimum atomic E-state index is 0.408. The molecule has 1 aromatic rings. The maximum Gasteiger partial charge on any atom is 0.0399 e. The van der Waals surface area contributed by atoms with Gasteiger partial charge in [-0.05, 0) is 31.9 Å². The van der Waals surface area contributed by atoms with E-state index in [0.717, 1.165) is 18.5 Å². The topological polar surface area (TPSA) is 42.1 Å². The van der Waals surface area contributed by atoms with Gasteiger partial charge in [-0.3, -0.25) is 4.98 Å². The molecular formula is C11H17N3. The van der Waals surface area contributed by atoms with Crippen LogP contribution in [0, 0.1) is 6.92 Å². The van der Waals surface area contributed by atoms with Crippen LogP contribution in [0.2, 0.25) is 0 Å². The number of hydrogen-bond acceptors (Lipinski definition) is 3. The van der Waals surface area contributed by atoms with E-state index in [9.17, 15) is 0 Å². The average molecular weight is 191 g/mol. The highest BCUT2D eigenvalue weighted by Gasteiger charge is 2.29. The summed E-state index contributed by atoms with van der Waals surface area (Å²) in [4.78, 5) is 6.49. The van der Waals surface area contributed by atoms with E-state index in [1.165, 1.54) is 5.69 Å². The van der Waals surface area contributed by atoms with Crippen LogP contribution in [0.1, 0.15) is 18.5 Å². The summed E-state index contributed by atoms with van der Waals surface area (Å²) < 4.78 is 0. The van der Waals surface area contributed by atoms with E-state index >= 15 is 0 Å². The molecule has 2 rings (SSSR count). The van der Waals surface area contributed by atoms with Crippen LogP contribution < -0.4 is 10.6 Å². The van der Waals surface area contributed by atoms with Gasteiger partial charge in [0.15, 0.2) is 0 Å². The smallest absolute Gasteiger partial charge is 0.0399 e. The lowest BCUT2D eigenvalue weighted by molar-refractivity contribution is 0.340. The number of aryl methyl sites for hydroxylation is 1. The monoisotopic (exact) mass is 191 g/mol. The second kappa shape index (κ2) is 3.58. The molecule has 0 unspecified atom stereocenters. The van der Waals surface area contributed by atoms with Crippen LogP contribution in [0.15, 0.2) is 18.3 Å². The van der Waals surface area contributed by atoms with Crippen LogP contribution in [-0.4, -0.2) is 24.1 Å². The number of rotatable bonds is 2. The van der Waals surface area contributed by atoms with E-state index < -0.39 is 0 Å². The molecule has 0 amide bonds. The van der Waals surface area contributed by atoms with Gasteiger partial charge in [0.25, 0.3) is 0 Å². The first-order chi connectivity index (χ1) is 6.66. The second-order valence-electron chi connectivity index (χ2n) is 4.15. The van der Waals surface area contributed by atoms with Gasteiger partial charge in [0.1, 0.15) is 0 Å². The lowest BCUT2D eigenvalue weighted by Gasteiger charge is -2.40. The zero-order chi connectivity index (χ0) is 10.1. The minimum absolute atomic E-state index is 0.408. The molecule has 3 nitrogen and oxygen atoms in total. The zero-order valence-electron chi connectivity index (χ0n) is 8.77. The first kappa shape index (κ1) is 9.46. The van der Waals surface area contributed by atoms with Crippen molar-refractivity contribution in [3.63, 3.8) is 0 Å². The van der Waals surface area contributed by atoms with Crippen molar-refractivity contribution in [2.45, 2.75) is 31.8 Å². The molecule has 0 aliphatic heterocycles. The molecule has 1 aliphatic carbocycles. The third-order valence-corrected chi connectivity index (χ3v) is 2.98. The van der Waals surface area contributed by atoms with Crippen LogP contribution >= 0.6 is 0 Å². The SMILES string of the molecule is Cc1cc(N(C)C2CC(N)C2)ccn1. The number of aromatic nitrogens is 1. The summed E-state index contributed by atoms with van der Waals surface area (Å²) >= 11 is 0. The van der Waals surface area contributed by atoms with E-state index in [4.69, 9.17) is 5.73 Å². The first-order valence-electron chi connectivity index (χ1n) is 5.08. The molecular weight excluding hydrogens is 174 g/mol. The van der Waals surface area contributed by atoms with E-state index in [0.29, 0.717) is 12.1 Å². The Morgan fingerprint density at radius 2 is 2.21 bits per heavy atom. The van der Waals surface area contributed by atoms with Crippen LogP contribution in [0.25, 0.3) is 0 Å². The summed E-state index contributed by atoms with van der Waals surface area (Å²) in [5.74, 6) is 0. The second-order valence-corrected chi connectivity index (χ2v) is 4.15. The Balaban J connectivity index is 2.07. The van der Waals surface area contributed by atoms with Gasteiger partial charge in [-0.25, -0.2) is 0 Å². The summed E-state index contributed by atoms with van der Waals surface area (Å²) in [6.07, 6.45) is 4.08. The molecule has 14 heavy (non-hydrogen) atoms. The summed E-state index contributed by atoms with van der Waals surface area (Å²) in [6, 6.07) is 5.19. The van der Waals surface area contributed by atoms with Gasteiger partial charge in [0.05, 0.1) is 0 Å². The Hall–Kier alpha value is -1.09. The number of hydrogen-bond donors (Lipinski definition) is 1. The van der Waals surface area contributed by atoms with E-state index in [1.807, 2.05) is 13.1 Å². The van der Waals surface area contributed by atoms with E-state index in [1.54, 1.807) is 0 Å². The summed E-state index contributed by atoms with van der Waals surface area (Å²) in [5, 5.41) is 0. The molecule has 2 N–H and O–H groups in total. The lowest BCUT2D eigenvalue weighted by atomic mass is 9.86. The summed E-state index contributed by atoms with van der Waals surface area (Å²) in [7, 11) is 2.13. The normalized spacial score (nSPS) is 25.6. The van der Waals surface area contributed by atoms with Crippen molar-refractivity contribution in [2.24, 2.45) is 5.73 Å². The highest BCUT2D eigenvalue weighted by molar-refractivity contribution is 5.47. The van der Waals surface area contributed by atoms with Crippen molar-refractivity contribution in [2.75, 3.05) is 11.9 Å². The van der Waals surface area contributed by atoms with Gasteiger partial charge in [-0.15, -0.1) is 0 Å². The quantitative estimate of drug-likeness (QED) is 0.766. The fourth-order valence-electron chi connectivity index (χ4n) is 1.91. The fraction of sp³-hybridized carbons (Fsp3) is 0.545. The average Bonchev–Trinajstić information content (AvgIpc) is 2.12. The van der Waals surface area contributed by atoms with Crippen molar-refractivity contribution < 1.29 is 0 Å². The third-order valence-electron chi connectivity index (χ3n) is 2.98. The third kappa shape index (κ3) is 1.73. The van der Waals surface area contributed by atoms with Gasteiger partial charge >= 0.3 is 0 Å². The Morgan fingerprint density at radius 3 is 2.79 bits per heavy atom.